The Balaban J connectivity index is 1.67. The van der Waals surface area contributed by atoms with Gasteiger partial charge in [-0.3, -0.25) is 0 Å². The van der Waals surface area contributed by atoms with Crippen molar-refractivity contribution in [2.75, 3.05) is 0 Å². The fourth-order valence-electron chi connectivity index (χ4n) is 2.79. The van der Waals surface area contributed by atoms with E-state index in [2.05, 4.69) is 23.5 Å². The summed E-state index contributed by atoms with van der Waals surface area (Å²) in [7, 11) is 0. The maximum absolute atomic E-state index is 11.9. The monoisotopic (exact) mass is 299 g/mol. The van der Waals surface area contributed by atoms with E-state index in [1.54, 1.807) is 6.26 Å². The second kappa shape index (κ2) is 5.52. The molecule has 0 radical (unpaired) electrons. The molecule has 2 aromatic rings. The molecule has 22 heavy (non-hydrogen) atoms. The number of carbonyl (C=O) groups is 1. The van der Waals surface area contributed by atoms with E-state index in [-0.39, 0.29) is 12.1 Å². The highest BCUT2D eigenvalue weighted by atomic mass is 16.6. The molecule has 1 atom stereocenters. The largest absolute Gasteiger partial charge is 0.464 e. The highest BCUT2D eigenvalue weighted by molar-refractivity contribution is 5.68. The van der Waals surface area contributed by atoms with Crippen molar-refractivity contribution >= 4 is 6.09 Å². The van der Waals surface area contributed by atoms with Crippen molar-refractivity contribution in [1.29, 1.82) is 0 Å². The molecule has 1 amide bonds. The summed E-state index contributed by atoms with van der Waals surface area (Å²) in [5.41, 5.74) is 3.13. The van der Waals surface area contributed by atoms with Crippen LogP contribution in [0, 0.1) is 0 Å². The van der Waals surface area contributed by atoms with Gasteiger partial charge in [0, 0.05) is 11.6 Å². The summed E-state index contributed by atoms with van der Waals surface area (Å²) in [6.45, 7) is 5.60. The molecule has 1 N–H and O–H groups in total. The minimum atomic E-state index is -0.470. The smallest absolute Gasteiger partial charge is 0.407 e. The normalized spacial score (nSPS) is 17.1. The van der Waals surface area contributed by atoms with Crippen LogP contribution in [0.5, 0.6) is 0 Å². The molecule has 0 saturated heterocycles. The lowest BCUT2D eigenvalue weighted by molar-refractivity contribution is 0.0506. The van der Waals surface area contributed by atoms with Crippen molar-refractivity contribution < 1.29 is 13.9 Å². The van der Waals surface area contributed by atoms with Crippen LogP contribution >= 0.6 is 0 Å². The average Bonchev–Trinajstić information content (AvgIpc) is 3.03. The van der Waals surface area contributed by atoms with Gasteiger partial charge in [0.15, 0.2) is 0 Å². The van der Waals surface area contributed by atoms with Crippen LogP contribution < -0.4 is 5.32 Å². The molecule has 116 valence electrons. The van der Waals surface area contributed by atoms with Gasteiger partial charge in [0.2, 0.25) is 0 Å². The van der Waals surface area contributed by atoms with E-state index in [0.29, 0.717) is 0 Å². The quantitative estimate of drug-likeness (QED) is 0.914. The molecule has 4 heteroatoms. The van der Waals surface area contributed by atoms with Crippen LogP contribution in [0.3, 0.4) is 0 Å². The number of furan rings is 1. The summed E-state index contributed by atoms with van der Waals surface area (Å²) >= 11 is 0. The molecule has 1 aliphatic carbocycles. The van der Waals surface area contributed by atoms with Crippen molar-refractivity contribution in [2.24, 2.45) is 0 Å². The van der Waals surface area contributed by atoms with E-state index in [0.717, 1.165) is 24.2 Å². The van der Waals surface area contributed by atoms with Gasteiger partial charge < -0.3 is 14.5 Å². The van der Waals surface area contributed by atoms with Gasteiger partial charge in [-0.15, -0.1) is 0 Å². The minimum Gasteiger partial charge on any atom is -0.464 e. The number of ether oxygens (including phenoxy) is 1. The van der Waals surface area contributed by atoms with E-state index in [9.17, 15) is 4.79 Å². The second-order valence-electron chi connectivity index (χ2n) is 6.71. The van der Waals surface area contributed by atoms with Crippen LogP contribution in [0.15, 0.2) is 41.0 Å². The SMILES string of the molecule is CC(C)(C)OC(=O)NC1Cc2ccc(-c3ccco3)cc2C1. The summed E-state index contributed by atoms with van der Waals surface area (Å²) in [5.74, 6) is 0.867. The molecule has 1 aromatic carbocycles. The molecule has 0 saturated carbocycles. The van der Waals surface area contributed by atoms with Crippen LogP contribution in [0.1, 0.15) is 31.9 Å². The Hall–Kier alpha value is -2.23. The summed E-state index contributed by atoms with van der Waals surface area (Å²) in [6, 6.07) is 10.3. The number of carbonyl (C=O) groups excluding carboxylic acids is 1. The Labute approximate surface area is 130 Å². The third kappa shape index (κ3) is 3.32. The van der Waals surface area contributed by atoms with Crippen molar-refractivity contribution in [3.05, 3.63) is 47.7 Å². The van der Waals surface area contributed by atoms with Gasteiger partial charge in [-0.05, 0) is 62.9 Å². The number of fused-ring (bicyclic) bond motifs is 1. The molecule has 1 aromatic heterocycles. The van der Waals surface area contributed by atoms with E-state index in [4.69, 9.17) is 9.15 Å². The summed E-state index contributed by atoms with van der Waals surface area (Å²) in [4.78, 5) is 11.9. The van der Waals surface area contributed by atoms with Crippen LogP contribution in [0.4, 0.5) is 4.79 Å². The maximum Gasteiger partial charge on any atom is 0.407 e. The average molecular weight is 299 g/mol. The van der Waals surface area contributed by atoms with E-state index in [1.807, 2.05) is 32.9 Å². The Bertz CT molecular complexity index is 668. The topological polar surface area (TPSA) is 51.5 Å². The third-order valence-corrected chi connectivity index (χ3v) is 3.67. The number of hydrogen-bond acceptors (Lipinski definition) is 3. The molecule has 0 spiro atoms. The zero-order valence-electron chi connectivity index (χ0n) is 13.2. The predicted octanol–water partition coefficient (Wildman–Crippen LogP) is 3.94. The van der Waals surface area contributed by atoms with Crippen LogP contribution in [-0.4, -0.2) is 17.7 Å². The van der Waals surface area contributed by atoms with Crippen molar-refractivity contribution in [3.63, 3.8) is 0 Å². The fourth-order valence-corrected chi connectivity index (χ4v) is 2.79. The lowest BCUT2D eigenvalue weighted by atomic mass is 10.1. The summed E-state index contributed by atoms with van der Waals surface area (Å²) in [6.07, 6.45) is 2.99. The van der Waals surface area contributed by atoms with Crippen LogP contribution in [0.2, 0.25) is 0 Å². The van der Waals surface area contributed by atoms with Gasteiger partial charge in [0.1, 0.15) is 11.4 Å². The molecule has 4 nitrogen and oxygen atoms in total. The van der Waals surface area contributed by atoms with Crippen LogP contribution in [0.25, 0.3) is 11.3 Å². The first-order valence-corrected chi connectivity index (χ1v) is 7.56. The number of alkyl carbamates (subject to hydrolysis) is 1. The Morgan fingerprint density at radius 3 is 2.68 bits per heavy atom. The first kappa shape index (κ1) is 14.7. The number of rotatable bonds is 2. The number of amides is 1. The van der Waals surface area contributed by atoms with Gasteiger partial charge in [-0.2, -0.15) is 0 Å². The van der Waals surface area contributed by atoms with Crippen molar-refractivity contribution in [1.82, 2.24) is 5.32 Å². The Morgan fingerprint density at radius 1 is 1.23 bits per heavy atom. The zero-order valence-corrected chi connectivity index (χ0v) is 13.2. The third-order valence-electron chi connectivity index (χ3n) is 3.67. The first-order chi connectivity index (χ1) is 10.4. The fraction of sp³-hybridized carbons (Fsp3) is 0.389. The second-order valence-corrected chi connectivity index (χ2v) is 6.71. The molecular weight excluding hydrogens is 278 g/mol. The molecule has 0 bridgehead atoms. The van der Waals surface area contributed by atoms with Gasteiger partial charge in [0.25, 0.3) is 0 Å². The van der Waals surface area contributed by atoms with Gasteiger partial charge in [-0.25, -0.2) is 4.79 Å². The number of benzene rings is 1. The summed E-state index contributed by atoms with van der Waals surface area (Å²) in [5, 5.41) is 2.95. The Morgan fingerprint density at radius 2 is 2.00 bits per heavy atom. The molecule has 1 unspecified atom stereocenters. The Kier molecular flexibility index (Phi) is 3.69. The number of nitrogens with one attached hydrogen (secondary N) is 1. The van der Waals surface area contributed by atoms with Gasteiger partial charge >= 0.3 is 6.09 Å². The standard InChI is InChI=1S/C18H21NO3/c1-18(2,3)22-17(20)19-15-10-12-6-7-13(9-14(12)11-15)16-5-4-8-21-16/h4-9,15H,10-11H2,1-3H3,(H,19,20). The lowest BCUT2D eigenvalue weighted by Gasteiger charge is -2.21. The maximum atomic E-state index is 11.9. The van der Waals surface area contributed by atoms with Crippen molar-refractivity contribution in [3.8, 4) is 11.3 Å². The molecule has 1 aliphatic rings. The predicted molar refractivity (Wildman–Crippen MR) is 84.7 cm³/mol. The zero-order chi connectivity index (χ0) is 15.7. The van der Waals surface area contributed by atoms with E-state index >= 15 is 0 Å². The first-order valence-electron chi connectivity index (χ1n) is 7.56. The lowest BCUT2D eigenvalue weighted by Crippen LogP contribution is -2.39. The molecule has 0 aliphatic heterocycles. The highest BCUT2D eigenvalue weighted by Gasteiger charge is 2.25. The number of hydrogen-bond donors (Lipinski definition) is 1. The van der Waals surface area contributed by atoms with E-state index < -0.39 is 5.60 Å². The minimum absolute atomic E-state index is 0.0942. The van der Waals surface area contributed by atoms with Gasteiger partial charge in [0.05, 0.1) is 6.26 Å². The molecule has 0 fully saturated rings. The molecule has 3 rings (SSSR count). The highest BCUT2D eigenvalue weighted by Crippen LogP contribution is 2.28. The van der Waals surface area contributed by atoms with Crippen molar-refractivity contribution in [2.45, 2.75) is 45.3 Å². The molecular formula is C18H21NO3. The molecule has 1 heterocycles. The summed E-state index contributed by atoms with van der Waals surface area (Å²) < 4.78 is 10.8. The van der Waals surface area contributed by atoms with E-state index in [1.165, 1.54) is 11.1 Å². The van der Waals surface area contributed by atoms with Gasteiger partial charge in [-0.1, -0.05) is 12.1 Å². The van der Waals surface area contributed by atoms with Crippen LogP contribution in [-0.2, 0) is 17.6 Å².